The van der Waals surface area contributed by atoms with Crippen LogP contribution in [0.2, 0.25) is 0 Å². The van der Waals surface area contributed by atoms with Crippen LogP contribution >= 0.6 is 30.6 Å². The number of hydrogen-bond donors (Lipinski definition) is 1. The molecule has 32 heavy (non-hydrogen) atoms. The van der Waals surface area contributed by atoms with Crippen molar-refractivity contribution in [3.8, 4) is 0 Å². The van der Waals surface area contributed by atoms with Crippen molar-refractivity contribution in [2.45, 2.75) is 0 Å². The van der Waals surface area contributed by atoms with Crippen molar-refractivity contribution in [2.24, 2.45) is 0 Å². The molecule has 6 nitrogen and oxygen atoms in total. The highest BCUT2D eigenvalue weighted by Gasteiger charge is 2.51. The SMILES string of the molecule is CS/C(Cl)=C(/NC=O)[P+](c1ccccc1)(c1ccccc1)c1ccccc1.[O-][Cl+3]([O-])([O-])[O-]. The molecule has 0 aliphatic rings. The minimum atomic E-state index is -4.94. The fraction of sp³-hybridized carbons (Fsp3) is 0.0455. The number of rotatable bonds is 7. The van der Waals surface area contributed by atoms with Gasteiger partial charge >= 0.3 is 0 Å². The van der Waals surface area contributed by atoms with Crippen LogP contribution < -0.4 is 39.9 Å². The first kappa shape index (κ1) is 26.3. The maximum Gasteiger partial charge on any atom is 0.214 e. The first-order chi connectivity index (χ1) is 15.2. The number of carbonyl (C=O) groups excluding carboxylic acids is 1. The molecule has 0 aliphatic heterocycles. The first-order valence-electron chi connectivity index (χ1n) is 9.07. The molecule has 0 aromatic heterocycles. The predicted molar refractivity (Wildman–Crippen MR) is 121 cm³/mol. The van der Waals surface area contributed by atoms with E-state index in [1.165, 1.54) is 11.8 Å². The molecule has 0 radical (unpaired) electrons. The lowest BCUT2D eigenvalue weighted by atomic mass is 10.4. The zero-order valence-electron chi connectivity index (χ0n) is 16.9. The molecule has 0 saturated carbocycles. The van der Waals surface area contributed by atoms with E-state index < -0.39 is 17.5 Å². The Kier molecular flexibility index (Phi) is 10.2. The molecule has 10 heteroatoms. The summed E-state index contributed by atoms with van der Waals surface area (Å²) in [5, 5.41) is 6.38. The Morgan fingerprint density at radius 2 is 1.12 bits per heavy atom. The van der Waals surface area contributed by atoms with Crippen molar-refractivity contribution in [2.75, 3.05) is 6.26 Å². The van der Waals surface area contributed by atoms with Gasteiger partial charge in [0.05, 0.1) is 0 Å². The van der Waals surface area contributed by atoms with Gasteiger partial charge in [-0.25, -0.2) is 18.6 Å². The second kappa shape index (κ2) is 12.3. The van der Waals surface area contributed by atoms with E-state index in [1.54, 1.807) is 0 Å². The Balaban J connectivity index is 0.000000654. The van der Waals surface area contributed by atoms with E-state index in [0.29, 0.717) is 4.36 Å². The third-order valence-corrected chi connectivity index (χ3v) is 10.1. The summed E-state index contributed by atoms with van der Waals surface area (Å²) in [7, 11) is -7.31. The summed E-state index contributed by atoms with van der Waals surface area (Å²) >= 11 is 8.13. The summed E-state index contributed by atoms with van der Waals surface area (Å²) in [6.07, 6.45) is 2.64. The molecule has 0 saturated heterocycles. The summed E-state index contributed by atoms with van der Waals surface area (Å²) in [5.74, 6) is 0. The van der Waals surface area contributed by atoms with E-state index in [9.17, 15) is 4.79 Å². The lowest BCUT2D eigenvalue weighted by Gasteiger charge is -2.29. The van der Waals surface area contributed by atoms with Crippen LogP contribution in [0.1, 0.15) is 0 Å². The summed E-state index contributed by atoms with van der Waals surface area (Å²) in [6.45, 7) is 0. The van der Waals surface area contributed by atoms with Crippen LogP contribution in [0.15, 0.2) is 101 Å². The van der Waals surface area contributed by atoms with Crippen molar-refractivity contribution >= 4 is 52.9 Å². The molecule has 0 fully saturated rings. The second-order valence-electron chi connectivity index (χ2n) is 6.14. The maximum atomic E-state index is 11.6. The Morgan fingerprint density at radius 1 is 0.812 bits per heavy atom. The molecule has 0 bridgehead atoms. The summed E-state index contributed by atoms with van der Waals surface area (Å²) in [4.78, 5) is 11.6. The summed E-state index contributed by atoms with van der Waals surface area (Å²) in [6, 6.07) is 30.9. The fourth-order valence-corrected chi connectivity index (χ4v) is 8.64. The molecule has 1 amide bonds. The molecule has 168 valence electrons. The highest BCUT2D eigenvalue weighted by molar-refractivity contribution is 8.05. The van der Waals surface area contributed by atoms with E-state index in [-0.39, 0.29) is 0 Å². The lowest BCUT2D eigenvalue weighted by Crippen LogP contribution is -2.68. The van der Waals surface area contributed by atoms with E-state index >= 15 is 0 Å². The smallest absolute Gasteiger partial charge is 0.214 e. The number of amides is 1. The van der Waals surface area contributed by atoms with Gasteiger partial charge < -0.3 is 0 Å². The van der Waals surface area contributed by atoms with Crippen LogP contribution in [-0.2, 0) is 4.79 Å². The van der Waals surface area contributed by atoms with Crippen molar-refractivity contribution in [3.05, 3.63) is 101 Å². The van der Waals surface area contributed by atoms with Crippen LogP contribution in [0, 0.1) is 10.2 Å². The molecule has 1 N–H and O–H groups in total. The van der Waals surface area contributed by atoms with Crippen molar-refractivity contribution in [1.29, 1.82) is 0 Å². The summed E-state index contributed by atoms with van der Waals surface area (Å²) < 4.78 is 34.6. The average Bonchev–Trinajstić information content (AvgIpc) is 2.79. The number of hydrogen-bond acceptors (Lipinski definition) is 6. The van der Waals surface area contributed by atoms with E-state index in [1.807, 2.05) is 60.9 Å². The van der Waals surface area contributed by atoms with Gasteiger partial charge in [0.15, 0.2) is 7.26 Å². The molecular formula is C22H20Cl2NO5PS. The van der Waals surface area contributed by atoms with Gasteiger partial charge in [-0.3, -0.25) is 10.1 Å². The number of nitrogens with one attached hydrogen (secondary N) is 1. The molecular weight excluding hydrogens is 492 g/mol. The Hall–Kier alpha value is -1.93. The molecule has 0 aliphatic carbocycles. The first-order valence-corrected chi connectivity index (χ1v) is 13.7. The monoisotopic (exact) mass is 511 g/mol. The fourth-order valence-electron chi connectivity index (χ4n) is 3.23. The maximum absolute atomic E-state index is 11.6. The molecule has 0 spiro atoms. The zero-order valence-corrected chi connectivity index (χ0v) is 20.1. The zero-order chi connectivity index (χ0) is 23.6. The molecule has 0 heterocycles. The highest BCUT2D eigenvalue weighted by Crippen LogP contribution is 2.63. The van der Waals surface area contributed by atoms with Gasteiger partial charge in [0.2, 0.25) is 11.8 Å². The van der Waals surface area contributed by atoms with Gasteiger partial charge in [0.25, 0.3) is 0 Å². The third kappa shape index (κ3) is 6.78. The number of benzene rings is 3. The van der Waals surface area contributed by atoms with Gasteiger partial charge in [-0.15, -0.1) is 22.0 Å². The van der Waals surface area contributed by atoms with Gasteiger partial charge in [-0.2, -0.15) is 0 Å². The third-order valence-electron chi connectivity index (χ3n) is 4.33. The molecule has 0 atom stereocenters. The largest absolute Gasteiger partial charge is 0.297 e. The van der Waals surface area contributed by atoms with Crippen LogP contribution in [0.5, 0.6) is 0 Å². The quantitative estimate of drug-likeness (QED) is 0.343. The number of halogens is 2. The lowest BCUT2D eigenvalue weighted by molar-refractivity contribution is -2.00. The van der Waals surface area contributed by atoms with Crippen LogP contribution in [0.3, 0.4) is 0 Å². The Bertz CT molecular complexity index is 916. The number of carbonyl (C=O) groups is 1. The number of thioether (sulfide) groups is 1. The van der Waals surface area contributed by atoms with Crippen LogP contribution in [0.4, 0.5) is 0 Å². The van der Waals surface area contributed by atoms with E-state index in [2.05, 4.69) is 41.7 Å². The van der Waals surface area contributed by atoms with E-state index in [4.69, 9.17) is 30.2 Å². The van der Waals surface area contributed by atoms with Crippen molar-refractivity contribution in [3.63, 3.8) is 0 Å². The van der Waals surface area contributed by atoms with Gasteiger partial charge in [-0.1, -0.05) is 66.2 Å². The minimum absolute atomic E-state index is 0.590. The van der Waals surface area contributed by atoms with Gasteiger partial charge in [0.1, 0.15) is 20.3 Å². The molecule has 3 aromatic rings. The Morgan fingerprint density at radius 3 is 1.38 bits per heavy atom. The van der Waals surface area contributed by atoms with Gasteiger partial charge in [-0.05, 0) is 42.7 Å². The summed E-state index contributed by atoms with van der Waals surface area (Å²) in [5.41, 5.74) is 0.760. The molecule has 3 aromatic carbocycles. The normalized spacial score (nSPS) is 12.2. The molecule has 3 rings (SSSR count). The standard InChI is InChI=1S/C22H19ClNOPS.ClHO4/c1-27-21(23)22(24-17-25)26(18-11-5-2-6-12-18,19-13-7-3-8-14-19)20-15-9-4-10-16-20;2-1(3,4)5/h2-17H,1H3;(H,2,3,4,5)/b22-21-;. The predicted octanol–water partition coefficient (Wildman–Crippen LogP) is -0.301. The Labute approximate surface area is 198 Å². The topological polar surface area (TPSA) is 121 Å². The van der Waals surface area contributed by atoms with Gasteiger partial charge in [0, 0.05) is 0 Å². The average molecular weight is 512 g/mol. The van der Waals surface area contributed by atoms with Crippen molar-refractivity contribution < 1.29 is 33.7 Å². The second-order valence-corrected chi connectivity index (χ2v) is 11.7. The highest BCUT2D eigenvalue weighted by atomic mass is 35.7. The van der Waals surface area contributed by atoms with Crippen molar-refractivity contribution in [1.82, 2.24) is 5.32 Å². The van der Waals surface area contributed by atoms with E-state index in [0.717, 1.165) is 27.8 Å². The van der Waals surface area contributed by atoms with Crippen LogP contribution in [-0.4, -0.2) is 12.7 Å². The molecule has 0 unspecified atom stereocenters. The van der Waals surface area contributed by atoms with Crippen LogP contribution in [0.25, 0.3) is 0 Å². The minimum Gasteiger partial charge on any atom is -0.297 e.